The summed E-state index contributed by atoms with van der Waals surface area (Å²) in [7, 11) is -3.73. The van der Waals surface area contributed by atoms with Crippen molar-refractivity contribution in [3.8, 4) is 5.75 Å². The van der Waals surface area contributed by atoms with Gasteiger partial charge in [0, 0.05) is 23.9 Å². The predicted molar refractivity (Wildman–Crippen MR) is 128 cm³/mol. The fraction of sp³-hybridized carbons (Fsp3) is 0.208. The second kappa shape index (κ2) is 8.15. The van der Waals surface area contributed by atoms with Crippen LogP contribution < -0.4 is 4.74 Å². The zero-order valence-corrected chi connectivity index (χ0v) is 19.5. The summed E-state index contributed by atoms with van der Waals surface area (Å²) in [6.45, 7) is 0.475. The highest BCUT2D eigenvalue weighted by molar-refractivity contribution is 7.89. The van der Waals surface area contributed by atoms with Gasteiger partial charge in [0.05, 0.1) is 17.6 Å². The number of esters is 1. The molecule has 0 unspecified atom stereocenters. The lowest BCUT2D eigenvalue weighted by atomic mass is 9.98. The van der Waals surface area contributed by atoms with E-state index in [1.54, 1.807) is 36.4 Å². The fourth-order valence-electron chi connectivity index (χ4n) is 4.43. The second-order valence-electron chi connectivity index (χ2n) is 8.24. The van der Waals surface area contributed by atoms with Gasteiger partial charge in [0.15, 0.2) is 0 Å². The van der Waals surface area contributed by atoms with Crippen molar-refractivity contribution in [3.63, 3.8) is 0 Å². The minimum Gasteiger partial charge on any atom is -0.456 e. The van der Waals surface area contributed by atoms with E-state index in [0.29, 0.717) is 29.6 Å². The molecule has 0 bridgehead atoms. The lowest BCUT2D eigenvalue weighted by Crippen LogP contribution is -2.41. The first-order valence-electron chi connectivity index (χ1n) is 10.9. The number of sulfonamides is 1. The van der Waals surface area contributed by atoms with Gasteiger partial charge in [-0.1, -0.05) is 24.3 Å². The number of rotatable bonds is 4. The van der Waals surface area contributed by atoms with Crippen molar-refractivity contribution in [3.05, 3.63) is 60.7 Å². The van der Waals surface area contributed by atoms with Crippen molar-refractivity contribution in [2.24, 2.45) is 5.92 Å². The number of fused-ring (bicyclic) bond motifs is 4. The Morgan fingerprint density at radius 1 is 0.971 bits per heavy atom. The number of hydrogen-bond acceptors (Lipinski definition) is 8. The Balaban J connectivity index is 1.16. The second-order valence-corrected chi connectivity index (χ2v) is 10.7. The lowest BCUT2D eigenvalue weighted by Gasteiger charge is -2.30. The van der Waals surface area contributed by atoms with Crippen LogP contribution in [0.5, 0.6) is 5.75 Å². The Morgan fingerprint density at radius 2 is 1.76 bits per heavy atom. The molecule has 8 nitrogen and oxygen atoms in total. The third-order valence-corrected chi connectivity index (χ3v) is 8.69. The van der Waals surface area contributed by atoms with E-state index in [2.05, 4.69) is 8.75 Å². The van der Waals surface area contributed by atoms with E-state index in [9.17, 15) is 13.2 Å². The molecule has 2 aromatic heterocycles. The first-order valence-corrected chi connectivity index (χ1v) is 13.0. The third-order valence-electron chi connectivity index (χ3n) is 6.22. The summed E-state index contributed by atoms with van der Waals surface area (Å²) in [5.41, 5.74) is 2.45. The molecule has 0 amide bonds. The van der Waals surface area contributed by atoms with Gasteiger partial charge in [-0.05, 0) is 49.2 Å². The van der Waals surface area contributed by atoms with Crippen LogP contribution in [-0.2, 0) is 14.8 Å². The van der Waals surface area contributed by atoms with Crippen molar-refractivity contribution < 1.29 is 22.4 Å². The number of para-hydroxylation sites is 1. The number of carbonyl (C=O) groups is 1. The fourth-order valence-corrected chi connectivity index (χ4v) is 6.65. The number of furan rings is 1. The van der Waals surface area contributed by atoms with Gasteiger partial charge >= 0.3 is 5.97 Å². The van der Waals surface area contributed by atoms with Crippen molar-refractivity contribution in [2.45, 2.75) is 17.7 Å². The van der Waals surface area contributed by atoms with E-state index in [1.165, 1.54) is 4.31 Å². The number of carbonyl (C=O) groups excluding carboxylic acids is 1. The quantitative estimate of drug-likeness (QED) is 0.266. The topological polar surface area (TPSA) is 103 Å². The lowest BCUT2D eigenvalue weighted by molar-refractivity contribution is -0.140. The van der Waals surface area contributed by atoms with Crippen LogP contribution in [-0.4, -0.2) is 40.5 Å². The Hall–Kier alpha value is -3.34. The largest absolute Gasteiger partial charge is 0.456 e. The van der Waals surface area contributed by atoms with Gasteiger partial charge in [0.2, 0.25) is 10.0 Å². The van der Waals surface area contributed by atoms with Crippen LogP contribution in [0.2, 0.25) is 0 Å². The van der Waals surface area contributed by atoms with E-state index in [0.717, 1.165) is 33.7 Å². The molecule has 0 aliphatic carbocycles. The Kier molecular flexibility index (Phi) is 5.09. The van der Waals surface area contributed by atoms with Gasteiger partial charge < -0.3 is 9.15 Å². The monoisotopic (exact) mass is 493 g/mol. The maximum absolute atomic E-state index is 13.2. The van der Waals surface area contributed by atoms with Crippen LogP contribution in [0.1, 0.15) is 12.8 Å². The van der Waals surface area contributed by atoms with E-state index >= 15 is 0 Å². The van der Waals surface area contributed by atoms with Crippen LogP contribution in [0.4, 0.5) is 0 Å². The first-order chi connectivity index (χ1) is 16.5. The molecule has 0 atom stereocenters. The number of benzene rings is 3. The molecular weight excluding hydrogens is 474 g/mol. The molecule has 6 rings (SSSR count). The zero-order chi connectivity index (χ0) is 23.3. The number of piperidine rings is 1. The molecule has 1 aliphatic heterocycles. The third kappa shape index (κ3) is 3.54. The van der Waals surface area contributed by atoms with Crippen LogP contribution in [0.15, 0.2) is 70.0 Å². The number of hydrogen-bond donors (Lipinski definition) is 0. The van der Waals surface area contributed by atoms with Crippen LogP contribution in [0.25, 0.3) is 33.0 Å². The van der Waals surface area contributed by atoms with Crippen LogP contribution >= 0.6 is 11.7 Å². The number of ether oxygens (including phenoxy) is 1. The molecule has 3 aromatic carbocycles. The molecule has 34 heavy (non-hydrogen) atoms. The summed E-state index contributed by atoms with van der Waals surface area (Å²) >= 11 is 0.987. The molecule has 0 spiro atoms. The van der Waals surface area contributed by atoms with Gasteiger partial charge in [-0.25, -0.2) is 8.42 Å². The smallest absolute Gasteiger partial charge is 0.314 e. The van der Waals surface area contributed by atoms with Gasteiger partial charge in [0.1, 0.15) is 32.8 Å². The highest BCUT2D eigenvalue weighted by Crippen LogP contribution is 2.32. The maximum atomic E-state index is 13.2. The molecule has 1 aliphatic rings. The van der Waals surface area contributed by atoms with Gasteiger partial charge in [-0.15, -0.1) is 0 Å². The van der Waals surface area contributed by atoms with Crippen molar-refractivity contribution in [1.82, 2.24) is 13.1 Å². The van der Waals surface area contributed by atoms with Gasteiger partial charge in [-0.2, -0.15) is 13.1 Å². The van der Waals surface area contributed by atoms with Gasteiger partial charge in [-0.3, -0.25) is 4.79 Å². The summed E-state index contributed by atoms with van der Waals surface area (Å²) in [4.78, 5) is 13.0. The van der Waals surface area contributed by atoms with Crippen molar-refractivity contribution in [2.75, 3.05) is 13.1 Å². The first kappa shape index (κ1) is 21.2. The molecule has 1 saturated heterocycles. The Bertz CT molecular complexity index is 1650. The highest BCUT2D eigenvalue weighted by Gasteiger charge is 2.34. The molecular formula is C24H19N3O5S2. The predicted octanol–water partition coefficient (Wildman–Crippen LogP) is 4.60. The molecule has 0 radical (unpaired) electrons. The van der Waals surface area contributed by atoms with Crippen LogP contribution in [0.3, 0.4) is 0 Å². The average Bonchev–Trinajstić information content (AvgIpc) is 3.48. The minimum absolute atomic E-state index is 0.153. The Morgan fingerprint density at radius 3 is 2.62 bits per heavy atom. The Labute approximate surface area is 199 Å². The van der Waals surface area contributed by atoms with Crippen molar-refractivity contribution >= 4 is 60.7 Å². The normalized spacial score (nSPS) is 15.9. The summed E-state index contributed by atoms with van der Waals surface area (Å²) in [6, 6.07) is 18.0. The standard InChI is InChI=1S/C24H19N3O5S2/c28-24(31-16-8-9-21-18(14-16)17-4-1-2-6-20(17)32-21)15-10-12-27(13-11-15)34(29,30)22-7-3-5-19-23(22)26-33-25-19/h1-9,14-15H,10-13H2. The number of nitrogens with zero attached hydrogens (tertiary/aromatic N) is 3. The summed E-state index contributed by atoms with van der Waals surface area (Å²) < 4.78 is 47.6. The molecule has 172 valence electrons. The van der Waals surface area contributed by atoms with Gasteiger partial charge in [0.25, 0.3) is 0 Å². The molecule has 10 heteroatoms. The molecule has 3 heterocycles. The molecule has 5 aromatic rings. The molecule has 0 N–H and O–H groups in total. The summed E-state index contributed by atoms with van der Waals surface area (Å²) in [5.74, 6) is -0.281. The SMILES string of the molecule is O=C(Oc1ccc2oc3ccccc3c2c1)C1CCN(S(=O)(=O)c2cccc3nsnc23)CC1. The maximum Gasteiger partial charge on any atom is 0.314 e. The van der Waals surface area contributed by atoms with Crippen molar-refractivity contribution in [1.29, 1.82) is 0 Å². The molecule has 1 fully saturated rings. The van der Waals surface area contributed by atoms with E-state index < -0.39 is 10.0 Å². The zero-order valence-electron chi connectivity index (χ0n) is 17.9. The summed E-state index contributed by atoms with van der Waals surface area (Å²) in [5, 5.41) is 1.84. The minimum atomic E-state index is -3.73. The average molecular weight is 494 g/mol. The summed E-state index contributed by atoms with van der Waals surface area (Å²) in [6.07, 6.45) is 0.778. The van der Waals surface area contributed by atoms with Crippen LogP contribution in [0, 0.1) is 5.92 Å². The van der Waals surface area contributed by atoms with E-state index in [4.69, 9.17) is 9.15 Å². The molecule has 0 saturated carbocycles. The van der Waals surface area contributed by atoms with E-state index in [-0.39, 0.29) is 29.9 Å². The van der Waals surface area contributed by atoms with E-state index in [1.807, 2.05) is 24.3 Å². The number of aromatic nitrogens is 2. The highest BCUT2D eigenvalue weighted by atomic mass is 32.2.